The van der Waals surface area contributed by atoms with Crippen LogP contribution in [0.4, 0.5) is 0 Å². The number of aromatic nitrogens is 2. The Kier molecular flexibility index (Phi) is 4.73. The fourth-order valence-corrected chi connectivity index (χ4v) is 2.17. The summed E-state index contributed by atoms with van der Waals surface area (Å²) in [6.07, 6.45) is 2.51. The molecule has 0 spiro atoms. The van der Waals surface area contributed by atoms with Crippen molar-refractivity contribution in [3.63, 3.8) is 0 Å². The summed E-state index contributed by atoms with van der Waals surface area (Å²) in [5.74, 6) is -0.137. The Morgan fingerprint density at radius 1 is 1.50 bits per heavy atom. The Bertz CT molecular complexity index is 483. The van der Waals surface area contributed by atoms with Crippen LogP contribution in [0.5, 0.6) is 0 Å². The molecule has 20 heavy (non-hydrogen) atoms. The maximum atomic E-state index is 12.0. The Balaban J connectivity index is 1.72. The number of imidazole rings is 1. The SMILES string of the molecule is CC(C)NC(=O)CCNC(=O)C1Cc2nc[nH]c2CN1. The maximum absolute atomic E-state index is 12.0. The fourth-order valence-electron chi connectivity index (χ4n) is 2.17. The molecule has 0 radical (unpaired) electrons. The molecule has 0 fully saturated rings. The average Bonchev–Trinajstić information content (AvgIpc) is 2.84. The Morgan fingerprint density at radius 3 is 3.05 bits per heavy atom. The lowest BCUT2D eigenvalue weighted by Gasteiger charge is -2.22. The van der Waals surface area contributed by atoms with Gasteiger partial charge in [-0.15, -0.1) is 0 Å². The molecule has 0 aliphatic carbocycles. The van der Waals surface area contributed by atoms with Crippen LogP contribution in [0.25, 0.3) is 0 Å². The van der Waals surface area contributed by atoms with Crippen LogP contribution in [-0.4, -0.2) is 40.4 Å². The van der Waals surface area contributed by atoms with Crippen LogP contribution < -0.4 is 16.0 Å². The predicted molar refractivity (Wildman–Crippen MR) is 73.8 cm³/mol. The number of nitrogens with one attached hydrogen (secondary N) is 4. The molecule has 0 saturated heterocycles. The second kappa shape index (κ2) is 6.51. The van der Waals surface area contributed by atoms with Gasteiger partial charge in [-0.05, 0) is 13.8 Å². The van der Waals surface area contributed by atoms with E-state index in [1.54, 1.807) is 6.33 Å². The van der Waals surface area contributed by atoms with Crippen LogP contribution in [0.3, 0.4) is 0 Å². The van der Waals surface area contributed by atoms with E-state index in [9.17, 15) is 9.59 Å². The highest BCUT2D eigenvalue weighted by Crippen LogP contribution is 2.11. The number of carbonyl (C=O) groups excluding carboxylic acids is 2. The molecule has 4 N–H and O–H groups in total. The number of carbonyl (C=O) groups is 2. The summed E-state index contributed by atoms with van der Waals surface area (Å²) in [7, 11) is 0. The largest absolute Gasteiger partial charge is 0.354 e. The monoisotopic (exact) mass is 279 g/mol. The van der Waals surface area contributed by atoms with Crippen molar-refractivity contribution in [1.82, 2.24) is 25.9 Å². The van der Waals surface area contributed by atoms with E-state index in [4.69, 9.17) is 0 Å². The van der Waals surface area contributed by atoms with E-state index in [0.717, 1.165) is 11.4 Å². The molecule has 1 aliphatic heterocycles. The zero-order chi connectivity index (χ0) is 14.5. The molecule has 2 rings (SSSR count). The van der Waals surface area contributed by atoms with E-state index >= 15 is 0 Å². The minimum atomic E-state index is -0.279. The number of H-pyrrole nitrogens is 1. The fraction of sp³-hybridized carbons (Fsp3) is 0.615. The van der Waals surface area contributed by atoms with Gasteiger partial charge in [0.2, 0.25) is 11.8 Å². The maximum Gasteiger partial charge on any atom is 0.237 e. The molecule has 1 unspecified atom stereocenters. The highest BCUT2D eigenvalue weighted by atomic mass is 16.2. The molecule has 7 heteroatoms. The van der Waals surface area contributed by atoms with Gasteiger partial charge in [-0.3, -0.25) is 14.9 Å². The number of rotatable bonds is 5. The molecule has 0 saturated carbocycles. The topological polar surface area (TPSA) is 98.9 Å². The lowest BCUT2D eigenvalue weighted by Crippen LogP contribution is -2.48. The second-order valence-electron chi connectivity index (χ2n) is 5.23. The van der Waals surface area contributed by atoms with Crippen molar-refractivity contribution in [3.8, 4) is 0 Å². The van der Waals surface area contributed by atoms with Crippen LogP contribution in [0, 0.1) is 0 Å². The average molecular weight is 279 g/mol. The van der Waals surface area contributed by atoms with E-state index in [0.29, 0.717) is 25.9 Å². The molecule has 0 aromatic carbocycles. The van der Waals surface area contributed by atoms with E-state index in [2.05, 4.69) is 25.9 Å². The third kappa shape index (κ3) is 3.80. The first-order chi connectivity index (χ1) is 9.56. The second-order valence-corrected chi connectivity index (χ2v) is 5.23. The van der Waals surface area contributed by atoms with Crippen LogP contribution in [0.2, 0.25) is 0 Å². The van der Waals surface area contributed by atoms with Crippen molar-refractivity contribution in [2.24, 2.45) is 0 Å². The van der Waals surface area contributed by atoms with E-state index in [-0.39, 0.29) is 23.9 Å². The molecule has 2 heterocycles. The number of nitrogens with zero attached hydrogens (tertiary/aromatic N) is 1. The predicted octanol–water partition coefficient (Wildman–Crippen LogP) is -0.545. The van der Waals surface area contributed by atoms with Crippen molar-refractivity contribution in [3.05, 3.63) is 17.7 Å². The highest BCUT2D eigenvalue weighted by molar-refractivity contribution is 5.83. The molecule has 110 valence electrons. The van der Waals surface area contributed by atoms with Crippen molar-refractivity contribution >= 4 is 11.8 Å². The first-order valence-electron chi connectivity index (χ1n) is 6.88. The molecule has 1 aromatic heterocycles. The van der Waals surface area contributed by atoms with E-state index < -0.39 is 0 Å². The van der Waals surface area contributed by atoms with Gasteiger partial charge in [0.25, 0.3) is 0 Å². The van der Waals surface area contributed by atoms with Crippen molar-refractivity contribution in [1.29, 1.82) is 0 Å². The quantitative estimate of drug-likeness (QED) is 0.581. The lowest BCUT2D eigenvalue weighted by molar-refractivity contribution is -0.124. The smallest absolute Gasteiger partial charge is 0.237 e. The summed E-state index contributed by atoms with van der Waals surface area (Å²) < 4.78 is 0. The molecular weight excluding hydrogens is 258 g/mol. The van der Waals surface area contributed by atoms with Gasteiger partial charge >= 0.3 is 0 Å². The third-order valence-corrected chi connectivity index (χ3v) is 3.15. The first kappa shape index (κ1) is 14.5. The Labute approximate surface area is 117 Å². The Hall–Kier alpha value is -1.89. The van der Waals surface area contributed by atoms with Crippen LogP contribution in [-0.2, 0) is 22.6 Å². The van der Waals surface area contributed by atoms with Gasteiger partial charge in [0.1, 0.15) is 0 Å². The standard InChI is InChI=1S/C13H21N5O2/c1-8(2)18-12(19)3-4-14-13(20)10-5-9-11(6-15-10)17-7-16-9/h7-8,10,15H,3-6H2,1-2H3,(H,14,20)(H,16,17)(H,18,19). The van der Waals surface area contributed by atoms with Crippen LogP contribution >= 0.6 is 0 Å². The molecule has 1 aliphatic rings. The lowest BCUT2D eigenvalue weighted by atomic mass is 10.0. The summed E-state index contributed by atoms with van der Waals surface area (Å²) in [5, 5.41) is 8.71. The molecule has 7 nitrogen and oxygen atoms in total. The van der Waals surface area contributed by atoms with Gasteiger partial charge in [0.05, 0.1) is 23.8 Å². The number of aromatic amines is 1. The van der Waals surface area contributed by atoms with Gasteiger partial charge in [0.15, 0.2) is 0 Å². The summed E-state index contributed by atoms with van der Waals surface area (Å²) in [4.78, 5) is 30.7. The van der Waals surface area contributed by atoms with Gasteiger partial charge < -0.3 is 15.6 Å². The summed E-state index contributed by atoms with van der Waals surface area (Å²) in [6.45, 7) is 4.78. The van der Waals surface area contributed by atoms with Gasteiger partial charge in [0, 0.05) is 32.0 Å². The summed E-state index contributed by atoms with van der Waals surface area (Å²) in [6, 6.07) is -0.157. The molecule has 0 bridgehead atoms. The number of amides is 2. The van der Waals surface area contributed by atoms with Crippen LogP contribution in [0.1, 0.15) is 31.7 Å². The Morgan fingerprint density at radius 2 is 2.30 bits per heavy atom. The van der Waals surface area contributed by atoms with Gasteiger partial charge in [-0.1, -0.05) is 0 Å². The van der Waals surface area contributed by atoms with Gasteiger partial charge in [-0.2, -0.15) is 0 Å². The molecular formula is C13H21N5O2. The van der Waals surface area contributed by atoms with E-state index in [1.165, 1.54) is 0 Å². The zero-order valence-electron chi connectivity index (χ0n) is 11.8. The minimum Gasteiger partial charge on any atom is -0.354 e. The van der Waals surface area contributed by atoms with Crippen LogP contribution in [0.15, 0.2) is 6.33 Å². The first-order valence-corrected chi connectivity index (χ1v) is 6.88. The molecule has 1 aromatic rings. The number of fused-ring (bicyclic) bond motifs is 1. The normalized spacial score (nSPS) is 17.6. The third-order valence-electron chi connectivity index (χ3n) is 3.15. The highest BCUT2D eigenvalue weighted by Gasteiger charge is 2.25. The van der Waals surface area contributed by atoms with Crippen molar-refractivity contribution in [2.75, 3.05) is 6.54 Å². The van der Waals surface area contributed by atoms with E-state index in [1.807, 2.05) is 13.8 Å². The van der Waals surface area contributed by atoms with Crippen molar-refractivity contribution in [2.45, 2.75) is 45.3 Å². The number of hydrogen-bond acceptors (Lipinski definition) is 4. The summed E-state index contributed by atoms with van der Waals surface area (Å²) >= 11 is 0. The summed E-state index contributed by atoms with van der Waals surface area (Å²) in [5.41, 5.74) is 1.96. The minimum absolute atomic E-state index is 0.0495. The van der Waals surface area contributed by atoms with Crippen molar-refractivity contribution < 1.29 is 9.59 Å². The molecule has 2 amide bonds. The number of hydrogen-bond donors (Lipinski definition) is 4. The van der Waals surface area contributed by atoms with Gasteiger partial charge in [-0.25, -0.2) is 4.98 Å². The zero-order valence-corrected chi connectivity index (χ0v) is 11.8. The molecule has 1 atom stereocenters.